The number of fused-ring (bicyclic) bond motifs is 1. The SMILES string of the molecule is Cc1ncc(Br)c2cn[nH]c12. The Morgan fingerprint density at radius 1 is 1.45 bits per heavy atom. The lowest BCUT2D eigenvalue weighted by Crippen LogP contribution is -1.82. The molecule has 11 heavy (non-hydrogen) atoms. The highest BCUT2D eigenvalue weighted by Gasteiger charge is 2.02. The summed E-state index contributed by atoms with van der Waals surface area (Å²) in [5.41, 5.74) is 1.97. The first kappa shape index (κ1) is 6.79. The fraction of sp³-hybridized carbons (Fsp3) is 0.143. The van der Waals surface area contributed by atoms with Crippen LogP contribution in [-0.2, 0) is 0 Å². The highest BCUT2D eigenvalue weighted by molar-refractivity contribution is 9.10. The second-order valence-corrected chi connectivity index (χ2v) is 3.20. The van der Waals surface area contributed by atoms with Crippen LogP contribution in [0.4, 0.5) is 0 Å². The van der Waals surface area contributed by atoms with Gasteiger partial charge >= 0.3 is 0 Å². The molecule has 56 valence electrons. The summed E-state index contributed by atoms with van der Waals surface area (Å²) < 4.78 is 0.979. The van der Waals surface area contributed by atoms with Crippen molar-refractivity contribution in [3.05, 3.63) is 22.6 Å². The monoisotopic (exact) mass is 211 g/mol. The predicted octanol–water partition coefficient (Wildman–Crippen LogP) is 2.03. The molecule has 0 bridgehead atoms. The lowest BCUT2D eigenvalue weighted by Gasteiger charge is -1.94. The summed E-state index contributed by atoms with van der Waals surface area (Å²) in [4.78, 5) is 4.16. The fourth-order valence-corrected chi connectivity index (χ4v) is 1.43. The van der Waals surface area contributed by atoms with Crippen LogP contribution in [0.1, 0.15) is 5.69 Å². The van der Waals surface area contributed by atoms with Crippen LogP contribution in [0.3, 0.4) is 0 Å². The van der Waals surface area contributed by atoms with Gasteiger partial charge in [0.2, 0.25) is 0 Å². The smallest absolute Gasteiger partial charge is 0.0874 e. The average molecular weight is 212 g/mol. The number of hydrogen-bond donors (Lipinski definition) is 1. The van der Waals surface area contributed by atoms with E-state index in [1.165, 1.54) is 0 Å². The molecule has 0 saturated heterocycles. The van der Waals surface area contributed by atoms with E-state index >= 15 is 0 Å². The van der Waals surface area contributed by atoms with Crippen molar-refractivity contribution in [2.45, 2.75) is 6.92 Å². The normalized spacial score (nSPS) is 10.7. The molecule has 0 aromatic carbocycles. The second-order valence-electron chi connectivity index (χ2n) is 2.35. The van der Waals surface area contributed by atoms with E-state index in [4.69, 9.17) is 0 Å². The summed E-state index contributed by atoms with van der Waals surface area (Å²) in [5.74, 6) is 0. The zero-order valence-corrected chi connectivity index (χ0v) is 7.51. The summed E-state index contributed by atoms with van der Waals surface area (Å²) in [6, 6.07) is 0. The molecule has 2 rings (SSSR count). The number of H-pyrrole nitrogens is 1. The first-order valence-electron chi connectivity index (χ1n) is 3.23. The summed E-state index contributed by atoms with van der Waals surface area (Å²) in [5, 5.41) is 7.90. The Morgan fingerprint density at radius 2 is 2.27 bits per heavy atom. The lowest BCUT2D eigenvalue weighted by molar-refractivity contribution is 1.10. The Morgan fingerprint density at radius 3 is 3.00 bits per heavy atom. The van der Waals surface area contributed by atoms with Gasteiger partial charge in [-0.15, -0.1) is 0 Å². The first-order valence-corrected chi connectivity index (χ1v) is 4.02. The number of aromatic amines is 1. The molecule has 0 atom stereocenters. The van der Waals surface area contributed by atoms with Crippen LogP contribution in [-0.4, -0.2) is 15.2 Å². The molecule has 2 aromatic rings. The minimum absolute atomic E-state index is 0.973. The number of rotatable bonds is 0. The van der Waals surface area contributed by atoms with E-state index in [-0.39, 0.29) is 0 Å². The van der Waals surface area contributed by atoms with Crippen molar-refractivity contribution < 1.29 is 0 Å². The number of halogens is 1. The molecule has 2 heterocycles. The molecule has 0 amide bonds. The van der Waals surface area contributed by atoms with Crippen molar-refractivity contribution in [1.29, 1.82) is 0 Å². The molecule has 0 aliphatic rings. The molecule has 0 fully saturated rings. The molecule has 0 spiro atoms. The second kappa shape index (κ2) is 2.30. The molecule has 0 aliphatic carbocycles. The van der Waals surface area contributed by atoms with E-state index in [0.717, 1.165) is 21.1 Å². The highest BCUT2D eigenvalue weighted by atomic mass is 79.9. The van der Waals surface area contributed by atoms with Gasteiger partial charge in [-0.2, -0.15) is 5.10 Å². The first-order chi connectivity index (χ1) is 5.29. The van der Waals surface area contributed by atoms with Gasteiger partial charge in [0.15, 0.2) is 0 Å². The van der Waals surface area contributed by atoms with Crippen LogP contribution in [0.15, 0.2) is 16.9 Å². The fourth-order valence-electron chi connectivity index (χ4n) is 1.03. The largest absolute Gasteiger partial charge is 0.276 e. The predicted molar refractivity (Wildman–Crippen MR) is 46.3 cm³/mol. The van der Waals surface area contributed by atoms with Crippen LogP contribution in [0.25, 0.3) is 10.9 Å². The van der Waals surface area contributed by atoms with Crippen molar-refractivity contribution in [1.82, 2.24) is 15.2 Å². The lowest BCUT2D eigenvalue weighted by atomic mass is 10.3. The molecule has 3 nitrogen and oxygen atoms in total. The highest BCUT2D eigenvalue weighted by Crippen LogP contribution is 2.22. The van der Waals surface area contributed by atoms with Gasteiger partial charge in [0, 0.05) is 16.1 Å². The van der Waals surface area contributed by atoms with Crippen molar-refractivity contribution in [2.75, 3.05) is 0 Å². The molecule has 2 aromatic heterocycles. The van der Waals surface area contributed by atoms with Crippen LogP contribution < -0.4 is 0 Å². The van der Waals surface area contributed by atoms with Gasteiger partial charge in [0.1, 0.15) is 0 Å². The summed E-state index contributed by atoms with van der Waals surface area (Å²) in [6.45, 7) is 1.95. The molecular formula is C7H6BrN3. The Balaban J connectivity index is 2.96. The summed E-state index contributed by atoms with van der Waals surface area (Å²) >= 11 is 3.39. The molecule has 0 saturated carbocycles. The third-order valence-corrected chi connectivity index (χ3v) is 2.26. The topological polar surface area (TPSA) is 41.6 Å². The van der Waals surface area contributed by atoms with Gasteiger partial charge < -0.3 is 0 Å². The molecule has 0 radical (unpaired) electrons. The molecule has 1 N–H and O–H groups in total. The van der Waals surface area contributed by atoms with Crippen molar-refractivity contribution in [2.24, 2.45) is 0 Å². The van der Waals surface area contributed by atoms with Gasteiger partial charge in [0.05, 0.1) is 17.4 Å². The third kappa shape index (κ3) is 0.939. The van der Waals surface area contributed by atoms with Gasteiger partial charge in [-0.05, 0) is 22.9 Å². The maximum absolute atomic E-state index is 4.16. The van der Waals surface area contributed by atoms with Crippen LogP contribution in [0, 0.1) is 6.92 Å². The Labute approximate surface area is 72.0 Å². The third-order valence-electron chi connectivity index (χ3n) is 1.63. The number of pyridine rings is 1. The number of aryl methyl sites for hydroxylation is 1. The van der Waals surface area contributed by atoms with Gasteiger partial charge in [-0.1, -0.05) is 0 Å². The molecule has 0 unspecified atom stereocenters. The van der Waals surface area contributed by atoms with Gasteiger partial charge in [0.25, 0.3) is 0 Å². The van der Waals surface area contributed by atoms with Crippen LogP contribution in [0.2, 0.25) is 0 Å². The summed E-state index contributed by atoms with van der Waals surface area (Å²) in [6.07, 6.45) is 3.57. The van der Waals surface area contributed by atoms with Gasteiger partial charge in [-0.3, -0.25) is 10.1 Å². The average Bonchev–Trinajstić information content (AvgIpc) is 2.45. The van der Waals surface area contributed by atoms with Crippen LogP contribution >= 0.6 is 15.9 Å². The van der Waals surface area contributed by atoms with E-state index in [1.807, 2.05) is 6.92 Å². The van der Waals surface area contributed by atoms with E-state index in [9.17, 15) is 0 Å². The standard InChI is InChI=1S/C7H6BrN3/c1-4-7-5(2-10-11-7)6(8)3-9-4/h2-3H,1H3,(H,10,11). The quantitative estimate of drug-likeness (QED) is 0.725. The van der Waals surface area contributed by atoms with Gasteiger partial charge in [-0.25, -0.2) is 0 Å². The minimum Gasteiger partial charge on any atom is -0.276 e. The maximum atomic E-state index is 4.16. The number of hydrogen-bond acceptors (Lipinski definition) is 2. The van der Waals surface area contributed by atoms with Crippen molar-refractivity contribution >= 4 is 26.8 Å². The van der Waals surface area contributed by atoms with E-state index < -0.39 is 0 Å². The van der Waals surface area contributed by atoms with Crippen molar-refractivity contribution in [3.8, 4) is 0 Å². The minimum atomic E-state index is 0.973. The Bertz CT molecular complexity index is 357. The summed E-state index contributed by atoms with van der Waals surface area (Å²) in [7, 11) is 0. The molecular weight excluding hydrogens is 206 g/mol. The number of nitrogens with zero attached hydrogens (tertiary/aromatic N) is 2. The number of aromatic nitrogens is 3. The number of nitrogens with one attached hydrogen (secondary N) is 1. The molecule has 0 aliphatic heterocycles. The Hall–Kier alpha value is -0.900. The molecule has 4 heteroatoms. The van der Waals surface area contributed by atoms with E-state index in [0.29, 0.717) is 0 Å². The van der Waals surface area contributed by atoms with E-state index in [2.05, 4.69) is 31.1 Å². The van der Waals surface area contributed by atoms with E-state index in [1.54, 1.807) is 12.4 Å². The maximum Gasteiger partial charge on any atom is 0.0874 e. The zero-order chi connectivity index (χ0) is 7.84. The van der Waals surface area contributed by atoms with Crippen molar-refractivity contribution in [3.63, 3.8) is 0 Å². The Kier molecular flexibility index (Phi) is 1.42. The van der Waals surface area contributed by atoms with Crippen LogP contribution in [0.5, 0.6) is 0 Å². The zero-order valence-electron chi connectivity index (χ0n) is 5.93.